The molecule has 2 aromatic heterocycles. The first-order valence-corrected chi connectivity index (χ1v) is 5.87. The molecular formula is C13H14N4O. The van der Waals surface area contributed by atoms with E-state index < -0.39 is 0 Å². The average Bonchev–Trinajstić information content (AvgIpc) is 2.95. The van der Waals surface area contributed by atoms with Gasteiger partial charge in [0.15, 0.2) is 12.0 Å². The second-order valence-corrected chi connectivity index (χ2v) is 4.23. The van der Waals surface area contributed by atoms with E-state index >= 15 is 0 Å². The minimum Gasteiger partial charge on any atom is -0.443 e. The molecule has 3 N–H and O–H groups in total. The lowest BCUT2D eigenvalue weighted by atomic mass is 10.1. The second-order valence-electron chi connectivity index (χ2n) is 4.23. The van der Waals surface area contributed by atoms with Crippen molar-refractivity contribution in [1.29, 1.82) is 0 Å². The van der Waals surface area contributed by atoms with Crippen LogP contribution >= 0.6 is 0 Å². The number of H-pyrrole nitrogens is 1. The molecule has 92 valence electrons. The van der Waals surface area contributed by atoms with Gasteiger partial charge in [-0.15, -0.1) is 0 Å². The van der Waals surface area contributed by atoms with Crippen molar-refractivity contribution < 1.29 is 4.42 Å². The van der Waals surface area contributed by atoms with Gasteiger partial charge in [0.2, 0.25) is 0 Å². The third-order valence-electron chi connectivity index (χ3n) is 2.92. The Kier molecular flexibility index (Phi) is 2.60. The molecule has 0 atom stereocenters. The second kappa shape index (κ2) is 4.27. The van der Waals surface area contributed by atoms with Gasteiger partial charge in [0.05, 0.1) is 5.69 Å². The van der Waals surface area contributed by atoms with Gasteiger partial charge in [-0.05, 0) is 25.6 Å². The number of aromatic nitrogens is 3. The van der Waals surface area contributed by atoms with Crippen molar-refractivity contribution in [3.8, 4) is 11.3 Å². The lowest BCUT2D eigenvalue weighted by Crippen LogP contribution is -2.03. The topological polar surface area (TPSA) is 80.7 Å². The number of benzene rings is 1. The minimum absolute atomic E-state index is 0.591. The van der Waals surface area contributed by atoms with Crippen LogP contribution in [0.15, 0.2) is 29.0 Å². The van der Waals surface area contributed by atoms with Crippen molar-refractivity contribution in [2.45, 2.75) is 13.3 Å². The van der Waals surface area contributed by atoms with Crippen LogP contribution in [0.25, 0.3) is 22.4 Å². The molecule has 0 saturated carbocycles. The molecular weight excluding hydrogens is 228 g/mol. The molecule has 0 fully saturated rings. The van der Waals surface area contributed by atoms with Crippen molar-refractivity contribution in [3.05, 3.63) is 36.1 Å². The standard InChI is InChI=1S/C13H14N4O/c1-8-13(17-12(16-8)4-5-14)9-2-3-10-11(6-9)18-7-15-10/h2-3,6-7H,4-5,14H2,1H3,(H,16,17). The van der Waals surface area contributed by atoms with Crippen LogP contribution in [-0.4, -0.2) is 21.5 Å². The molecule has 0 radical (unpaired) electrons. The summed E-state index contributed by atoms with van der Waals surface area (Å²) in [7, 11) is 0. The number of oxazole rings is 1. The predicted molar refractivity (Wildman–Crippen MR) is 69.1 cm³/mol. The van der Waals surface area contributed by atoms with E-state index in [1.807, 2.05) is 25.1 Å². The highest BCUT2D eigenvalue weighted by Gasteiger charge is 2.10. The van der Waals surface area contributed by atoms with Gasteiger partial charge in [-0.1, -0.05) is 6.07 Å². The van der Waals surface area contributed by atoms with E-state index in [1.165, 1.54) is 6.39 Å². The zero-order chi connectivity index (χ0) is 12.5. The van der Waals surface area contributed by atoms with Gasteiger partial charge in [-0.2, -0.15) is 0 Å². The Morgan fingerprint density at radius 1 is 1.39 bits per heavy atom. The van der Waals surface area contributed by atoms with E-state index in [1.54, 1.807) is 0 Å². The van der Waals surface area contributed by atoms with Crippen LogP contribution in [0.4, 0.5) is 0 Å². The summed E-state index contributed by atoms with van der Waals surface area (Å²) in [6.07, 6.45) is 2.21. The lowest BCUT2D eigenvalue weighted by molar-refractivity contribution is 0.602. The number of aryl methyl sites for hydroxylation is 1. The summed E-state index contributed by atoms with van der Waals surface area (Å²) in [6.45, 7) is 2.60. The highest BCUT2D eigenvalue weighted by atomic mass is 16.3. The van der Waals surface area contributed by atoms with Crippen LogP contribution in [0.2, 0.25) is 0 Å². The van der Waals surface area contributed by atoms with Gasteiger partial charge in [-0.3, -0.25) is 0 Å². The Morgan fingerprint density at radius 3 is 3.11 bits per heavy atom. The maximum absolute atomic E-state index is 5.54. The van der Waals surface area contributed by atoms with Crippen LogP contribution < -0.4 is 5.73 Å². The number of nitrogens with zero attached hydrogens (tertiary/aromatic N) is 2. The third kappa shape index (κ3) is 1.78. The SMILES string of the molecule is Cc1[nH]c(CCN)nc1-c1ccc2ncoc2c1. The Bertz CT molecular complexity index is 683. The third-order valence-corrected chi connectivity index (χ3v) is 2.92. The Hall–Kier alpha value is -2.14. The summed E-state index contributed by atoms with van der Waals surface area (Å²) < 4.78 is 5.31. The normalized spacial score (nSPS) is 11.2. The Balaban J connectivity index is 2.07. The highest BCUT2D eigenvalue weighted by molar-refractivity contribution is 5.79. The molecule has 5 nitrogen and oxygen atoms in total. The fourth-order valence-corrected chi connectivity index (χ4v) is 2.06. The smallest absolute Gasteiger partial charge is 0.181 e. The number of hydrogen-bond donors (Lipinski definition) is 2. The summed E-state index contributed by atoms with van der Waals surface area (Å²) in [5, 5.41) is 0. The summed E-state index contributed by atoms with van der Waals surface area (Å²) in [6, 6.07) is 5.89. The first-order chi connectivity index (χ1) is 8.78. The zero-order valence-electron chi connectivity index (χ0n) is 10.1. The molecule has 0 aliphatic rings. The zero-order valence-corrected chi connectivity index (χ0v) is 10.1. The number of imidazole rings is 1. The monoisotopic (exact) mass is 242 g/mol. The van der Waals surface area contributed by atoms with Gasteiger partial charge >= 0.3 is 0 Å². The van der Waals surface area contributed by atoms with Crippen LogP contribution in [0, 0.1) is 6.92 Å². The lowest BCUT2D eigenvalue weighted by Gasteiger charge is -1.97. The quantitative estimate of drug-likeness (QED) is 0.736. The molecule has 0 saturated heterocycles. The molecule has 3 aromatic rings. The average molecular weight is 242 g/mol. The van der Waals surface area contributed by atoms with Crippen molar-refractivity contribution in [1.82, 2.24) is 15.0 Å². The molecule has 0 unspecified atom stereocenters. The number of rotatable bonds is 3. The van der Waals surface area contributed by atoms with E-state index in [2.05, 4.69) is 15.0 Å². The summed E-state index contributed by atoms with van der Waals surface area (Å²) in [5.41, 5.74) is 10.2. The van der Waals surface area contributed by atoms with E-state index in [0.717, 1.165) is 40.3 Å². The van der Waals surface area contributed by atoms with Crippen LogP contribution in [0.5, 0.6) is 0 Å². The molecule has 0 spiro atoms. The minimum atomic E-state index is 0.591. The maximum atomic E-state index is 5.54. The summed E-state index contributed by atoms with van der Waals surface area (Å²) in [4.78, 5) is 11.9. The molecule has 0 amide bonds. The number of aromatic amines is 1. The Morgan fingerprint density at radius 2 is 2.28 bits per heavy atom. The summed E-state index contributed by atoms with van der Waals surface area (Å²) >= 11 is 0. The molecule has 0 bridgehead atoms. The molecule has 0 aliphatic heterocycles. The molecule has 3 rings (SSSR count). The fraction of sp³-hybridized carbons (Fsp3) is 0.231. The van der Waals surface area contributed by atoms with E-state index in [9.17, 15) is 0 Å². The van der Waals surface area contributed by atoms with Crippen molar-refractivity contribution in [2.24, 2.45) is 5.73 Å². The van der Waals surface area contributed by atoms with Crippen LogP contribution in [0.1, 0.15) is 11.5 Å². The molecule has 0 aliphatic carbocycles. The van der Waals surface area contributed by atoms with Gasteiger partial charge < -0.3 is 15.1 Å². The van der Waals surface area contributed by atoms with E-state index in [4.69, 9.17) is 10.2 Å². The first-order valence-electron chi connectivity index (χ1n) is 5.87. The van der Waals surface area contributed by atoms with Crippen LogP contribution in [0.3, 0.4) is 0 Å². The van der Waals surface area contributed by atoms with Crippen molar-refractivity contribution >= 4 is 11.1 Å². The van der Waals surface area contributed by atoms with Gasteiger partial charge in [0.25, 0.3) is 0 Å². The van der Waals surface area contributed by atoms with Crippen molar-refractivity contribution in [3.63, 3.8) is 0 Å². The van der Waals surface area contributed by atoms with Gasteiger partial charge in [0.1, 0.15) is 11.3 Å². The largest absolute Gasteiger partial charge is 0.443 e. The van der Waals surface area contributed by atoms with Crippen LogP contribution in [-0.2, 0) is 6.42 Å². The van der Waals surface area contributed by atoms with Gasteiger partial charge in [0, 0.05) is 17.7 Å². The summed E-state index contributed by atoms with van der Waals surface area (Å²) in [5.74, 6) is 0.919. The number of hydrogen-bond acceptors (Lipinski definition) is 4. The predicted octanol–water partition coefficient (Wildman–Crippen LogP) is 2.03. The van der Waals surface area contributed by atoms with Gasteiger partial charge in [-0.25, -0.2) is 9.97 Å². The first kappa shape index (κ1) is 11.0. The molecule has 2 heterocycles. The number of fused-ring (bicyclic) bond motifs is 1. The van der Waals surface area contributed by atoms with Crippen molar-refractivity contribution in [2.75, 3.05) is 6.54 Å². The van der Waals surface area contributed by atoms with E-state index in [0.29, 0.717) is 6.54 Å². The molecule has 18 heavy (non-hydrogen) atoms. The fourth-order valence-electron chi connectivity index (χ4n) is 2.06. The van der Waals surface area contributed by atoms with E-state index in [-0.39, 0.29) is 0 Å². The maximum Gasteiger partial charge on any atom is 0.181 e. The molecule has 5 heteroatoms. The number of nitrogens with one attached hydrogen (secondary N) is 1. The molecule has 1 aromatic carbocycles. The Labute approximate surface area is 104 Å². The number of nitrogens with two attached hydrogens (primary N) is 1. The highest BCUT2D eigenvalue weighted by Crippen LogP contribution is 2.25.